The Morgan fingerprint density at radius 3 is 1.80 bits per heavy atom. The van der Waals surface area contributed by atoms with Crippen LogP contribution in [0.25, 0.3) is 0 Å². The molecule has 4 heteroatoms. The van der Waals surface area contributed by atoms with E-state index in [0.717, 1.165) is 12.0 Å². The summed E-state index contributed by atoms with van der Waals surface area (Å²) in [7, 11) is 1.17. The topological polar surface area (TPSA) is 9.23 Å². The molecular formula is C26H31F3O. The molecule has 0 atom stereocenters. The second-order valence-corrected chi connectivity index (χ2v) is 7.13. The van der Waals surface area contributed by atoms with Crippen molar-refractivity contribution in [3.8, 4) is 0 Å². The molecule has 0 bridgehead atoms. The molecule has 0 aromatic carbocycles. The molecule has 162 valence electrons. The van der Waals surface area contributed by atoms with Crippen LogP contribution in [0.4, 0.5) is 13.2 Å². The van der Waals surface area contributed by atoms with E-state index in [2.05, 4.69) is 58.1 Å². The van der Waals surface area contributed by atoms with Gasteiger partial charge in [0.05, 0.1) is 7.11 Å². The van der Waals surface area contributed by atoms with Gasteiger partial charge in [-0.2, -0.15) is 4.39 Å². The fraction of sp³-hybridized carbons (Fsp3) is 0.231. The molecule has 0 aliphatic carbocycles. The highest BCUT2D eigenvalue weighted by Crippen LogP contribution is 2.28. The number of hydrogen-bond donors (Lipinski definition) is 0. The van der Waals surface area contributed by atoms with E-state index in [-0.39, 0.29) is 22.3 Å². The van der Waals surface area contributed by atoms with E-state index < -0.39 is 23.2 Å². The van der Waals surface area contributed by atoms with E-state index in [4.69, 9.17) is 0 Å². The summed E-state index contributed by atoms with van der Waals surface area (Å²) in [5.41, 5.74) is 1.46. The van der Waals surface area contributed by atoms with Gasteiger partial charge in [-0.3, -0.25) is 0 Å². The van der Waals surface area contributed by atoms with Crippen LogP contribution in [0.1, 0.15) is 27.2 Å². The minimum absolute atomic E-state index is 0.0393. The average Bonchev–Trinajstić information content (AvgIpc) is 2.72. The Bertz CT molecular complexity index is 874. The lowest BCUT2D eigenvalue weighted by Gasteiger charge is -2.08. The predicted molar refractivity (Wildman–Crippen MR) is 123 cm³/mol. The number of halogens is 3. The Balaban J connectivity index is 5.26. The summed E-state index contributed by atoms with van der Waals surface area (Å²) in [6, 6.07) is 0. The highest BCUT2D eigenvalue weighted by molar-refractivity contribution is 5.54. The molecule has 0 aromatic rings. The van der Waals surface area contributed by atoms with Crippen molar-refractivity contribution in [1.82, 2.24) is 0 Å². The first-order chi connectivity index (χ1) is 13.8. The number of rotatable bonds is 12. The number of hydrogen-bond acceptors (Lipinski definition) is 1. The van der Waals surface area contributed by atoms with Gasteiger partial charge in [-0.25, -0.2) is 8.78 Å². The van der Waals surface area contributed by atoms with Crippen molar-refractivity contribution in [2.75, 3.05) is 7.11 Å². The predicted octanol–water partition coefficient (Wildman–Crippen LogP) is 8.48. The van der Waals surface area contributed by atoms with Crippen LogP contribution in [0.15, 0.2) is 120 Å². The highest BCUT2D eigenvalue weighted by atomic mass is 19.2. The molecule has 0 aliphatic heterocycles. The van der Waals surface area contributed by atoms with Crippen LogP contribution in [0, 0.1) is 5.92 Å². The minimum atomic E-state index is -1.27. The van der Waals surface area contributed by atoms with Gasteiger partial charge in [0.15, 0.2) is 5.83 Å². The molecule has 30 heavy (non-hydrogen) atoms. The standard InChI is InChI=1S/C26H31F3O/c1-16(2)11-12-17(3)20(6)15-24(27)21(7)18(4)13-14-19(5)22(8)25(28)26(29)23(9)30-10/h12-16H,4-9,11H2,1-3,10H3/b14-13-,17-12+,24-15+,26-25-. The van der Waals surface area contributed by atoms with Gasteiger partial charge >= 0.3 is 0 Å². The summed E-state index contributed by atoms with van der Waals surface area (Å²) in [4.78, 5) is 0. The van der Waals surface area contributed by atoms with Crippen molar-refractivity contribution in [3.63, 3.8) is 0 Å². The zero-order valence-electron chi connectivity index (χ0n) is 18.4. The number of ether oxygens (including phenoxy) is 1. The molecule has 0 fully saturated rings. The van der Waals surface area contributed by atoms with Crippen LogP contribution in [0.2, 0.25) is 0 Å². The van der Waals surface area contributed by atoms with E-state index in [1.807, 2.05) is 13.0 Å². The molecule has 0 aromatic heterocycles. The van der Waals surface area contributed by atoms with Gasteiger partial charge in [0.2, 0.25) is 5.83 Å². The van der Waals surface area contributed by atoms with Crippen molar-refractivity contribution in [1.29, 1.82) is 0 Å². The van der Waals surface area contributed by atoms with Gasteiger partial charge in [0.25, 0.3) is 0 Å². The van der Waals surface area contributed by atoms with Gasteiger partial charge in [0.1, 0.15) is 11.6 Å². The molecule has 0 unspecified atom stereocenters. The highest BCUT2D eigenvalue weighted by Gasteiger charge is 2.15. The normalized spacial score (nSPS) is 13.2. The molecular weight excluding hydrogens is 385 g/mol. The van der Waals surface area contributed by atoms with Crippen molar-refractivity contribution < 1.29 is 17.9 Å². The quantitative estimate of drug-likeness (QED) is 0.229. The van der Waals surface area contributed by atoms with Gasteiger partial charge in [-0.15, -0.1) is 0 Å². The first kappa shape index (κ1) is 27.0. The largest absolute Gasteiger partial charge is 0.494 e. The van der Waals surface area contributed by atoms with Crippen molar-refractivity contribution in [3.05, 3.63) is 120 Å². The van der Waals surface area contributed by atoms with E-state index in [9.17, 15) is 13.2 Å². The van der Waals surface area contributed by atoms with Gasteiger partial charge < -0.3 is 4.74 Å². The van der Waals surface area contributed by atoms with Crippen LogP contribution in [0.5, 0.6) is 0 Å². The van der Waals surface area contributed by atoms with Crippen LogP contribution in [-0.4, -0.2) is 7.11 Å². The lowest BCUT2D eigenvalue weighted by atomic mass is 10.0. The lowest BCUT2D eigenvalue weighted by molar-refractivity contribution is 0.281. The molecule has 0 saturated heterocycles. The first-order valence-electron chi connectivity index (χ1n) is 9.30. The lowest BCUT2D eigenvalue weighted by Crippen LogP contribution is -1.93. The summed E-state index contributed by atoms with van der Waals surface area (Å²) >= 11 is 0. The molecule has 0 aliphatic rings. The Kier molecular flexibility index (Phi) is 11.3. The minimum Gasteiger partial charge on any atom is -0.494 e. The van der Waals surface area contributed by atoms with Gasteiger partial charge in [-0.1, -0.05) is 71.5 Å². The van der Waals surface area contributed by atoms with Crippen molar-refractivity contribution in [2.24, 2.45) is 5.92 Å². The summed E-state index contributed by atoms with van der Waals surface area (Å²) in [5.74, 6) is -3.08. The third kappa shape index (κ3) is 8.56. The Morgan fingerprint density at radius 2 is 1.33 bits per heavy atom. The Labute approximate surface area is 179 Å². The summed E-state index contributed by atoms with van der Waals surface area (Å²) in [6.45, 7) is 27.7. The number of methoxy groups -OCH3 is 1. The van der Waals surface area contributed by atoms with Crippen molar-refractivity contribution in [2.45, 2.75) is 27.2 Å². The summed E-state index contributed by atoms with van der Waals surface area (Å²) in [5, 5.41) is 0. The maximum atomic E-state index is 14.5. The van der Waals surface area contributed by atoms with Gasteiger partial charge in [-0.05, 0) is 47.6 Å². The number of allylic oxidation sites excluding steroid dienone is 13. The molecule has 1 nitrogen and oxygen atoms in total. The van der Waals surface area contributed by atoms with Crippen LogP contribution in [0.3, 0.4) is 0 Å². The maximum absolute atomic E-state index is 14.5. The smallest absolute Gasteiger partial charge is 0.200 e. The Morgan fingerprint density at radius 1 is 0.833 bits per heavy atom. The monoisotopic (exact) mass is 416 g/mol. The SMILES string of the molecule is C=C(/C=C\C(=C)C(=C)/C(F)=C\C(=C)/C(C)=C/CC(C)C)C(=C)/C(F)=C(/F)C(=C)OC. The fourth-order valence-corrected chi connectivity index (χ4v) is 1.94. The van der Waals surface area contributed by atoms with Crippen molar-refractivity contribution >= 4 is 0 Å². The third-order valence-electron chi connectivity index (χ3n) is 4.20. The summed E-state index contributed by atoms with van der Waals surface area (Å²) < 4.78 is 46.9. The first-order valence-corrected chi connectivity index (χ1v) is 9.30. The van der Waals surface area contributed by atoms with E-state index >= 15 is 0 Å². The zero-order chi connectivity index (χ0) is 23.6. The summed E-state index contributed by atoms with van der Waals surface area (Å²) in [6.07, 6.45) is 6.89. The second-order valence-electron chi connectivity index (χ2n) is 7.13. The third-order valence-corrected chi connectivity index (χ3v) is 4.20. The van der Waals surface area contributed by atoms with Crippen LogP contribution < -0.4 is 0 Å². The zero-order valence-corrected chi connectivity index (χ0v) is 18.4. The maximum Gasteiger partial charge on any atom is 0.200 e. The second kappa shape index (κ2) is 12.5. The van der Waals surface area contributed by atoms with Crippen LogP contribution in [-0.2, 0) is 4.74 Å². The van der Waals surface area contributed by atoms with E-state index in [1.54, 1.807) is 0 Å². The van der Waals surface area contributed by atoms with E-state index in [0.29, 0.717) is 11.5 Å². The van der Waals surface area contributed by atoms with Crippen LogP contribution >= 0.6 is 0 Å². The fourth-order valence-electron chi connectivity index (χ4n) is 1.94. The van der Waals surface area contributed by atoms with E-state index in [1.165, 1.54) is 25.3 Å². The molecule has 0 N–H and O–H groups in total. The molecule has 0 heterocycles. The molecule has 0 saturated carbocycles. The average molecular weight is 417 g/mol. The molecule has 0 spiro atoms. The Hall–Kier alpha value is -3.01. The van der Waals surface area contributed by atoms with Gasteiger partial charge in [0, 0.05) is 11.1 Å². The molecule has 0 amide bonds. The molecule has 0 radical (unpaired) electrons. The molecule has 0 rings (SSSR count).